The Balaban J connectivity index is 1.81. The zero-order valence-electron chi connectivity index (χ0n) is 7.97. The predicted molar refractivity (Wildman–Crippen MR) is 50.3 cm³/mol. The number of carboxylic acid groups (broad SMARTS) is 1. The van der Waals surface area contributed by atoms with Gasteiger partial charge in [0.1, 0.15) is 0 Å². The highest BCUT2D eigenvalue weighted by atomic mass is 16.4. The van der Waals surface area contributed by atoms with Gasteiger partial charge >= 0.3 is 5.97 Å². The van der Waals surface area contributed by atoms with Crippen LogP contribution in [0.25, 0.3) is 0 Å². The molecule has 2 rings (SSSR count). The van der Waals surface area contributed by atoms with Gasteiger partial charge in [0.15, 0.2) is 5.76 Å². The topological polar surface area (TPSA) is 79.5 Å². The molecule has 0 aromatic carbocycles. The molecule has 0 unspecified atom stereocenters. The van der Waals surface area contributed by atoms with Gasteiger partial charge < -0.3 is 14.8 Å². The second-order valence-corrected chi connectivity index (χ2v) is 3.65. The Labute approximate surface area is 86.1 Å². The van der Waals surface area contributed by atoms with E-state index < -0.39 is 5.97 Å². The molecular weight excluding hydrogens is 198 g/mol. The van der Waals surface area contributed by atoms with Crippen LogP contribution >= 0.6 is 0 Å². The maximum absolute atomic E-state index is 11.4. The molecule has 2 N–H and O–H groups in total. The minimum absolute atomic E-state index is 0.0382. The zero-order valence-corrected chi connectivity index (χ0v) is 7.97. The van der Waals surface area contributed by atoms with Gasteiger partial charge in [0.2, 0.25) is 0 Å². The highest BCUT2D eigenvalue weighted by Gasteiger charge is 2.35. The van der Waals surface area contributed by atoms with Crippen molar-refractivity contribution >= 4 is 11.9 Å². The molecule has 1 aromatic rings. The molecule has 5 heteroatoms. The first kappa shape index (κ1) is 9.76. The molecular formula is C10H11NO4. The molecule has 0 atom stereocenters. The fourth-order valence-electron chi connectivity index (χ4n) is 1.60. The van der Waals surface area contributed by atoms with E-state index in [0.29, 0.717) is 12.8 Å². The lowest BCUT2D eigenvalue weighted by molar-refractivity contribution is -0.145. The van der Waals surface area contributed by atoms with Gasteiger partial charge in [-0.3, -0.25) is 9.59 Å². The van der Waals surface area contributed by atoms with Crippen LogP contribution in [-0.4, -0.2) is 23.0 Å². The third-order valence-electron chi connectivity index (χ3n) is 2.57. The van der Waals surface area contributed by atoms with Crippen LogP contribution in [0.15, 0.2) is 22.8 Å². The van der Waals surface area contributed by atoms with Crippen LogP contribution in [0.1, 0.15) is 23.4 Å². The van der Waals surface area contributed by atoms with E-state index >= 15 is 0 Å². The third-order valence-corrected chi connectivity index (χ3v) is 2.57. The summed E-state index contributed by atoms with van der Waals surface area (Å²) in [4.78, 5) is 21.9. The molecule has 1 fully saturated rings. The van der Waals surface area contributed by atoms with E-state index in [4.69, 9.17) is 9.52 Å². The number of carbonyl (C=O) groups is 2. The number of rotatable bonds is 3. The Bertz CT molecular complexity index is 365. The molecule has 0 radical (unpaired) electrons. The SMILES string of the molecule is O=C(NC1CC(C(=O)O)C1)c1ccco1. The van der Waals surface area contributed by atoms with Gasteiger partial charge in [0.05, 0.1) is 12.2 Å². The van der Waals surface area contributed by atoms with Gasteiger partial charge in [-0.25, -0.2) is 0 Å². The van der Waals surface area contributed by atoms with E-state index in [1.54, 1.807) is 12.1 Å². The minimum Gasteiger partial charge on any atom is -0.481 e. The molecule has 0 saturated heterocycles. The van der Waals surface area contributed by atoms with Crippen molar-refractivity contribution in [2.75, 3.05) is 0 Å². The Morgan fingerprint density at radius 3 is 2.73 bits per heavy atom. The highest BCUT2D eigenvalue weighted by Crippen LogP contribution is 2.27. The molecule has 1 saturated carbocycles. The number of aliphatic carboxylic acids is 1. The van der Waals surface area contributed by atoms with Crippen molar-refractivity contribution in [1.29, 1.82) is 0 Å². The summed E-state index contributed by atoms with van der Waals surface area (Å²) in [5.41, 5.74) is 0. The fraction of sp³-hybridized carbons (Fsp3) is 0.400. The lowest BCUT2D eigenvalue weighted by Crippen LogP contribution is -2.46. The Hall–Kier alpha value is -1.78. The van der Waals surface area contributed by atoms with Crippen molar-refractivity contribution < 1.29 is 19.1 Å². The highest BCUT2D eigenvalue weighted by molar-refractivity contribution is 5.91. The van der Waals surface area contributed by atoms with Crippen LogP contribution in [0.5, 0.6) is 0 Å². The van der Waals surface area contributed by atoms with Crippen molar-refractivity contribution in [3.8, 4) is 0 Å². The first-order valence-electron chi connectivity index (χ1n) is 4.74. The van der Waals surface area contributed by atoms with Crippen molar-refractivity contribution in [3.05, 3.63) is 24.2 Å². The van der Waals surface area contributed by atoms with Crippen molar-refractivity contribution in [1.82, 2.24) is 5.32 Å². The molecule has 0 aliphatic heterocycles. The summed E-state index contributed by atoms with van der Waals surface area (Å²) in [6.07, 6.45) is 2.43. The van der Waals surface area contributed by atoms with Crippen LogP contribution in [-0.2, 0) is 4.79 Å². The quantitative estimate of drug-likeness (QED) is 0.774. The van der Waals surface area contributed by atoms with E-state index in [-0.39, 0.29) is 23.6 Å². The average molecular weight is 209 g/mol. The van der Waals surface area contributed by atoms with Crippen LogP contribution in [0.2, 0.25) is 0 Å². The summed E-state index contributed by atoms with van der Waals surface area (Å²) >= 11 is 0. The molecule has 0 spiro atoms. The van der Waals surface area contributed by atoms with Crippen LogP contribution < -0.4 is 5.32 Å². The van der Waals surface area contributed by atoms with Crippen LogP contribution in [0, 0.1) is 5.92 Å². The van der Waals surface area contributed by atoms with Gasteiger partial charge in [-0.2, -0.15) is 0 Å². The maximum Gasteiger partial charge on any atom is 0.306 e. The van der Waals surface area contributed by atoms with Crippen LogP contribution in [0.4, 0.5) is 0 Å². The Morgan fingerprint density at radius 2 is 2.20 bits per heavy atom. The summed E-state index contributed by atoms with van der Waals surface area (Å²) < 4.78 is 4.91. The molecule has 80 valence electrons. The first-order valence-corrected chi connectivity index (χ1v) is 4.74. The van der Waals surface area contributed by atoms with Gasteiger partial charge in [0.25, 0.3) is 5.91 Å². The third kappa shape index (κ3) is 2.01. The molecule has 1 aliphatic carbocycles. The van der Waals surface area contributed by atoms with E-state index in [0.717, 1.165) is 0 Å². The molecule has 0 bridgehead atoms. The second-order valence-electron chi connectivity index (χ2n) is 3.65. The predicted octanol–water partition coefficient (Wildman–Crippen LogP) is 0.873. The molecule has 1 aliphatic rings. The van der Waals surface area contributed by atoms with Crippen molar-refractivity contribution in [2.45, 2.75) is 18.9 Å². The monoisotopic (exact) mass is 209 g/mol. The van der Waals surface area contributed by atoms with Gasteiger partial charge in [-0.15, -0.1) is 0 Å². The van der Waals surface area contributed by atoms with Crippen molar-refractivity contribution in [3.63, 3.8) is 0 Å². The summed E-state index contributed by atoms with van der Waals surface area (Å²) in [6, 6.07) is 3.17. The normalized spacial score (nSPS) is 24.3. The standard InChI is InChI=1S/C10H11NO4/c12-9(8-2-1-3-15-8)11-7-4-6(5-7)10(13)14/h1-3,6-7H,4-5H2,(H,11,12)(H,13,14). The maximum atomic E-state index is 11.4. The van der Waals surface area contributed by atoms with E-state index in [2.05, 4.69) is 5.32 Å². The van der Waals surface area contributed by atoms with E-state index in [9.17, 15) is 9.59 Å². The Morgan fingerprint density at radius 1 is 1.47 bits per heavy atom. The summed E-state index contributed by atoms with van der Waals surface area (Å²) in [6.45, 7) is 0. The molecule has 5 nitrogen and oxygen atoms in total. The largest absolute Gasteiger partial charge is 0.481 e. The molecule has 15 heavy (non-hydrogen) atoms. The van der Waals surface area contributed by atoms with E-state index in [1.807, 2.05) is 0 Å². The van der Waals surface area contributed by atoms with Gasteiger partial charge in [-0.05, 0) is 25.0 Å². The summed E-state index contributed by atoms with van der Waals surface area (Å²) in [5.74, 6) is -1.13. The molecule has 1 amide bonds. The summed E-state index contributed by atoms with van der Waals surface area (Å²) in [7, 11) is 0. The lowest BCUT2D eigenvalue weighted by Gasteiger charge is -2.32. The van der Waals surface area contributed by atoms with Gasteiger partial charge in [-0.1, -0.05) is 0 Å². The minimum atomic E-state index is -0.793. The number of hydrogen-bond acceptors (Lipinski definition) is 3. The Kier molecular flexibility index (Phi) is 2.45. The number of amides is 1. The number of nitrogens with one attached hydrogen (secondary N) is 1. The molecule has 1 heterocycles. The van der Waals surface area contributed by atoms with Gasteiger partial charge in [0, 0.05) is 6.04 Å². The fourth-order valence-corrected chi connectivity index (χ4v) is 1.60. The lowest BCUT2D eigenvalue weighted by atomic mass is 9.80. The summed E-state index contributed by atoms with van der Waals surface area (Å²) in [5, 5.41) is 11.3. The first-order chi connectivity index (χ1) is 7.16. The second kappa shape index (κ2) is 3.76. The number of carboxylic acids is 1. The average Bonchev–Trinajstić information content (AvgIpc) is 2.61. The zero-order chi connectivity index (χ0) is 10.8. The smallest absolute Gasteiger partial charge is 0.306 e. The van der Waals surface area contributed by atoms with Crippen LogP contribution in [0.3, 0.4) is 0 Å². The molecule has 1 aromatic heterocycles. The van der Waals surface area contributed by atoms with Crippen molar-refractivity contribution in [2.24, 2.45) is 5.92 Å². The number of furan rings is 1. The number of carbonyl (C=O) groups excluding carboxylic acids is 1. The van der Waals surface area contributed by atoms with E-state index in [1.165, 1.54) is 6.26 Å². The number of hydrogen-bond donors (Lipinski definition) is 2.